The van der Waals surface area contributed by atoms with Gasteiger partial charge >= 0.3 is 0 Å². The van der Waals surface area contributed by atoms with Crippen molar-refractivity contribution in [1.82, 2.24) is 4.98 Å². The van der Waals surface area contributed by atoms with E-state index in [1.807, 2.05) is 24.3 Å². The highest BCUT2D eigenvalue weighted by Gasteiger charge is 2.04. The summed E-state index contributed by atoms with van der Waals surface area (Å²) in [5, 5.41) is 3.77. The Balaban J connectivity index is 2.31. The summed E-state index contributed by atoms with van der Waals surface area (Å²) in [6.07, 6.45) is 1.59. The molecule has 0 aliphatic rings. The molecule has 1 aromatic carbocycles. The topological polar surface area (TPSA) is 50.9 Å². The van der Waals surface area contributed by atoms with Crippen LogP contribution in [0.15, 0.2) is 41.0 Å². The lowest BCUT2D eigenvalue weighted by atomic mass is 10.3. The van der Waals surface area contributed by atoms with E-state index in [-0.39, 0.29) is 0 Å². The molecule has 16 heavy (non-hydrogen) atoms. The number of hydrogen-bond donors (Lipinski definition) is 2. The fraction of sp³-hybridized carbons (Fsp3) is 0. The number of benzene rings is 1. The molecule has 0 aliphatic heterocycles. The molecule has 0 spiro atoms. The highest BCUT2D eigenvalue weighted by Crippen LogP contribution is 2.28. The third-order valence-electron chi connectivity index (χ3n) is 1.99. The van der Waals surface area contributed by atoms with E-state index in [1.54, 1.807) is 12.3 Å². The lowest BCUT2D eigenvalue weighted by Crippen LogP contribution is -1.96. The molecule has 0 bridgehead atoms. The van der Waals surface area contributed by atoms with Crippen molar-refractivity contribution in [2.24, 2.45) is 0 Å². The van der Waals surface area contributed by atoms with Crippen LogP contribution in [-0.2, 0) is 0 Å². The van der Waals surface area contributed by atoms with E-state index in [0.717, 1.165) is 10.2 Å². The third-order valence-corrected chi connectivity index (χ3v) is 2.92. The molecule has 0 amide bonds. The van der Waals surface area contributed by atoms with Crippen LogP contribution < -0.4 is 11.1 Å². The second-order valence-corrected chi connectivity index (χ2v) is 4.47. The fourth-order valence-electron chi connectivity index (χ4n) is 1.23. The van der Waals surface area contributed by atoms with E-state index in [4.69, 9.17) is 17.3 Å². The van der Waals surface area contributed by atoms with Crippen LogP contribution in [0, 0.1) is 0 Å². The zero-order valence-electron chi connectivity index (χ0n) is 8.24. The van der Waals surface area contributed by atoms with Gasteiger partial charge < -0.3 is 11.1 Å². The molecule has 0 unspecified atom stereocenters. The summed E-state index contributed by atoms with van der Waals surface area (Å²) in [5.74, 6) is 0.683. The molecule has 2 rings (SSSR count). The predicted octanol–water partition coefficient (Wildman–Crippen LogP) is 3.82. The number of anilines is 3. The van der Waals surface area contributed by atoms with E-state index >= 15 is 0 Å². The SMILES string of the molecule is Nc1cnc(Nc2ccccc2Cl)c(Br)c1. The summed E-state index contributed by atoms with van der Waals surface area (Å²) < 4.78 is 0.799. The number of hydrogen-bond acceptors (Lipinski definition) is 3. The molecule has 5 heteroatoms. The maximum atomic E-state index is 6.03. The summed E-state index contributed by atoms with van der Waals surface area (Å²) in [5.41, 5.74) is 7.02. The van der Waals surface area contributed by atoms with Gasteiger partial charge in [0.1, 0.15) is 5.82 Å². The average molecular weight is 299 g/mol. The molecule has 1 heterocycles. The molecule has 2 aromatic rings. The molecular formula is C11H9BrClN3. The molecule has 0 fully saturated rings. The van der Waals surface area contributed by atoms with Crippen molar-refractivity contribution in [2.75, 3.05) is 11.1 Å². The van der Waals surface area contributed by atoms with Gasteiger partial charge in [0, 0.05) is 0 Å². The zero-order chi connectivity index (χ0) is 11.5. The van der Waals surface area contributed by atoms with Crippen molar-refractivity contribution >= 4 is 44.7 Å². The van der Waals surface area contributed by atoms with Gasteiger partial charge in [-0.05, 0) is 34.1 Å². The summed E-state index contributed by atoms with van der Waals surface area (Å²) in [4.78, 5) is 4.17. The molecule has 0 radical (unpaired) electrons. The lowest BCUT2D eigenvalue weighted by molar-refractivity contribution is 1.29. The van der Waals surface area contributed by atoms with Crippen molar-refractivity contribution in [2.45, 2.75) is 0 Å². The van der Waals surface area contributed by atoms with Gasteiger partial charge in [-0.2, -0.15) is 0 Å². The van der Waals surface area contributed by atoms with Crippen molar-refractivity contribution < 1.29 is 0 Å². The van der Waals surface area contributed by atoms with Crippen LogP contribution in [0.25, 0.3) is 0 Å². The first kappa shape index (κ1) is 11.2. The quantitative estimate of drug-likeness (QED) is 0.886. The summed E-state index contributed by atoms with van der Waals surface area (Å²) in [7, 11) is 0. The maximum absolute atomic E-state index is 6.03. The normalized spacial score (nSPS) is 10.1. The minimum atomic E-state index is 0.608. The predicted molar refractivity (Wildman–Crippen MR) is 71.1 cm³/mol. The number of pyridine rings is 1. The summed E-state index contributed by atoms with van der Waals surface area (Å²) in [6.45, 7) is 0. The van der Waals surface area contributed by atoms with Crippen molar-refractivity contribution in [3.63, 3.8) is 0 Å². The molecule has 82 valence electrons. The van der Waals surface area contributed by atoms with Crippen LogP contribution in [-0.4, -0.2) is 4.98 Å². The Morgan fingerprint density at radius 3 is 2.75 bits per heavy atom. The van der Waals surface area contributed by atoms with Crippen molar-refractivity contribution in [1.29, 1.82) is 0 Å². The second kappa shape index (κ2) is 4.72. The van der Waals surface area contributed by atoms with Crippen LogP contribution in [0.5, 0.6) is 0 Å². The number of rotatable bonds is 2. The largest absolute Gasteiger partial charge is 0.397 e. The van der Waals surface area contributed by atoms with Gasteiger partial charge in [0.15, 0.2) is 0 Å². The van der Waals surface area contributed by atoms with E-state index in [2.05, 4.69) is 26.2 Å². The number of para-hydroxylation sites is 1. The van der Waals surface area contributed by atoms with E-state index in [0.29, 0.717) is 16.5 Å². The molecule has 1 aromatic heterocycles. The number of nitrogens with zero attached hydrogens (tertiary/aromatic N) is 1. The molecular weight excluding hydrogens is 289 g/mol. The monoisotopic (exact) mass is 297 g/mol. The molecule has 3 N–H and O–H groups in total. The van der Waals surface area contributed by atoms with Crippen LogP contribution in [0.1, 0.15) is 0 Å². The molecule has 0 aliphatic carbocycles. The van der Waals surface area contributed by atoms with Gasteiger partial charge in [-0.1, -0.05) is 23.7 Å². The minimum absolute atomic E-state index is 0.608. The highest BCUT2D eigenvalue weighted by molar-refractivity contribution is 9.10. The van der Waals surface area contributed by atoms with E-state index in [1.165, 1.54) is 0 Å². The molecule has 0 atom stereocenters. The number of halogens is 2. The standard InChI is InChI=1S/C11H9BrClN3/c12-8-5-7(14)6-15-11(8)16-10-4-2-1-3-9(10)13/h1-6H,14H2,(H,15,16). The second-order valence-electron chi connectivity index (χ2n) is 3.20. The minimum Gasteiger partial charge on any atom is -0.397 e. The first-order chi connectivity index (χ1) is 7.66. The Morgan fingerprint density at radius 2 is 2.06 bits per heavy atom. The van der Waals surface area contributed by atoms with Gasteiger partial charge in [0.05, 0.1) is 27.1 Å². The van der Waals surface area contributed by atoms with Crippen molar-refractivity contribution in [3.05, 3.63) is 46.0 Å². The van der Waals surface area contributed by atoms with E-state index in [9.17, 15) is 0 Å². The van der Waals surface area contributed by atoms with E-state index < -0.39 is 0 Å². The Labute approximate surface area is 107 Å². The number of nitrogens with one attached hydrogen (secondary N) is 1. The molecule has 0 saturated carbocycles. The van der Waals surface area contributed by atoms with Crippen LogP contribution in [0.4, 0.5) is 17.2 Å². The van der Waals surface area contributed by atoms with Crippen LogP contribution in [0.2, 0.25) is 5.02 Å². The summed E-state index contributed by atoms with van der Waals surface area (Å²) >= 11 is 9.41. The average Bonchev–Trinajstić information content (AvgIpc) is 2.25. The van der Waals surface area contributed by atoms with Gasteiger partial charge in [-0.15, -0.1) is 0 Å². The highest BCUT2D eigenvalue weighted by atomic mass is 79.9. The molecule has 3 nitrogen and oxygen atoms in total. The maximum Gasteiger partial charge on any atom is 0.144 e. The third kappa shape index (κ3) is 2.46. The fourth-order valence-corrected chi connectivity index (χ4v) is 1.88. The zero-order valence-corrected chi connectivity index (χ0v) is 10.6. The number of nitrogens with two attached hydrogens (primary N) is 1. The molecule has 0 saturated heterocycles. The Bertz CT molecular complexity index is 516. The Morgan fingerprint density at radius 1 is 1.31 bits per heavy atom. The lowest BCUT2D eigenvalue weighted by Gasteiger charge is -2.09. The van der Waals surface area contributed by atoms with Gasteiger partial charge in [-0.3, -0.25) is 0 Å². The Hall–Kier alpha value is -1.26. The number of nitrogen functional groups attached to an aromatic ring is 1. The van der Waals surface area contributed by atoms with Crippen LogP contribution in [0.3, 0.4) is 0 Å². The van der Waals surface area contributed by atoms with Gasteiger partial charge in [0.25, 0.3) is 0 Å². The van der Waals surface area contributed by atoms with Crippen LogP contribution >= 0.6 is 27.5 Å². The Kier molecular flexibility index (Phi) is 3.31. The van der Waals surface area contributed by atoms with Gasteiger partial charge in [-0.25, -0.2) is 4.98 Å². The first-order valence-corrected chi connectivity index (χ1v) is 5.76. The van der Waals surface area contributed by atoms with Gasteiger partial charge in [0.2, 0.25) is 0 Å². The first-order valence-electron chi connectivity index (χ1n) is 4.59. The summed E-state index contributed by atoms with van der Waals surface area (Å²) in [6, 6.07) is 9.26. The van der Waals surface area contributed by atoms with Crippen molar-refractivity contribution in [3.8, 4) is 0 Å². The number of aromatic nitrogens is 1. The smallest absolute Gasteiger partial charge is 0.144 e.